The Morgan fingerprint density at radius 1 is 0.468 bits per heavy atom. The van der Waals surface area contributed by atoms with Crippen molar-refractivity contribution in [1.29, 1.82) is 0 Å². The van der Waals surface area contributed by atoms with Crippen molar-refractivity contribution in [3.8, 4) is 33.8 Å². The largest absolute Gasteiger partial charge is 0.453 e. The minimum Gasteiger partial charge on any atom is -0.453 e. The fraction of sp³-hybridized carbons (Fsp3) is 0. The van der Waals surface area contributed by atoms with E-state index >= 15 is 0 Å². The molecule has 0 spiro atoms. The van der Waals surface area contributed by atoms with Gasteiger partial charge in [-0.3, -0.25) is 0 Å². The Hall–Kier alpha value is -5.91. The number of ether oxygens (including phenoxy) is 1. The SMILES string of the molecule is c1ccc(N2c3ccc(-c4ccc5c(c4)Sc4ccccc4N5)cc3Oc3cc(-c4ccc5[nH]c6ccccc6c5c4)ccc32)cc1. The highest BCUT2D eigenvalue weighted by Gasteiger charge is 2.27. The van der Waals surface area contributed by atoms with E-state index in [-0.39, 0.29) is 0 Å². The molecule has 2 aliphatic heterocycles. The van der Waals surface area contributed by atoms with E-state index in [0.717, 1.165) is 73.2 Å². The number of benzene rings is 7. The van der Waals surface area contributed by atoms with Gasteiger partial charge in [0.25, 0.3) is 0 Å². The molecule has 8 aromatic rings. The maximum Gasteiger partial charge on any atom is 0.152 e. The molecule has 47 heavy (non-hydrogen) atoms. The number of nitrogens with zero attached hydrogens (tertiary/aromatic N) is 1. The summed E-state index contributed by atoms with van der Waals surface area (Å²) in [5.74, 6) is 1.66. The van der Waals surface area contributed by atoms with Gasteiger partial charge in [-0.25, -0.2) is 0 Å². The van der Waals surface area contributed by atoms with Gasteiger partial charge in [-0.15, -0.1) is 0 Å². The summed E-state index contributed by atoms with van der Waals surface area (Å²) < 4.78 is 6.79. The molecule has 0 amide bonds. The Bertz CT molecular complexity index is 2520. The number of H-pyrrole nitrogens is 1. The van der Waals surface area contributed by atoms with Gasteiger partial charge in [0.05, 0.1) is 22.7 Å². The average Bonchev–Trinajstić information content (AvgIpc) is 3.50. The Labute approximate surface area is 276 Å². The molecule has 2 aliphatic rings. The predicted molar refractivity (Wildman–Crippen MR) is 195 cm³/mol. The fourth-order valence-corrected chi connectivity index (χ4v) is 7.89. The van der Waals surface area contributed by atoms with Crippen LogP contribution in [0.5, 0.6) is 11.5 Å². The number of aromatic amines is 1. The van der Waals surface area contributed by atoms with Crippen molar-refractivity contribution in [2.75, 3.05) is 10.2 Å². The van der Waals surface area contributed by atoms with Crippen LogP contribution >= 0.6 is 11.8 Å². The monoisotopic (exact) mass is 621 g/mol. The topological polar surface area (TPSA) is 40.3 Å². The normalized spacial score (nSPS) is 12.9. The summed E-state index contributed by atoms with van der Waals surface area (Å²) in [5, 5.41) is 6.04. The van der Waals surface area contributed by atoms with Crippen LogP contribution in [0.3, 0.4) is 0 Å². The summed E-state index contributed by atoms with van der Waals surface area (Å²) in [6, 6.07) is 53.8. The van der Waals surface area contributed by atoms with Gasteiger partial charge in [0.2, 0.25) is 0 Å². The minimum absolute atomic E-state index is 0.830. The highest BCUT2D eigenvalue weighted by molar-refractivity contribution is 7.99. The van der Waals surface area contributed by atoms with Gasteiger partial charge in [0.15, 0.2) is 11.5 Å². The van der Waals surface area contributed by atoms with Crippen LogP contribution < -0.4 is 15.0 Å². The van der Waals surface area contributed by atoms with Crippen LogP contribution in [-0.2, 0) is 0 Å². The van der Waals surface area contributed by atoms with Crippen molar-refractivity contribution in [3.05, 3.63) is 152 Å². The lowest BCUT2D eigenvalue weighted by molar-refractivity contribution is 0.477. The first-order valence-electron chi connectivity index (χ1n) is 15.8. The zero-order valence-electron chi connectivity index (χ0n) is 25.2. The summed E-state index contributed by atoms with van der Waals surface area (Å²) in [7, 11) is 0. The standard InChI is InChI=1S/C42H27N3OS/c1-2-8-30(9-3-1)45-37-20-16-27(26-14-18-34-32(22-26)31-10-4-5-11-33(31)43-34)23-39(37)46-40-24-28(17-21-38(40)45)29-15-19-36-42(25-29)47-41-13-7-6-12-35(41)44-36/h1-25,43-44H. The van der Waals surface area contributed by atoms with Crippen molar-refractivity contribution >= 4 is 62.0 Å². The van der Waals surface area contributed by atoms with Crippen molar-refractivity contribution in [2.45, 2.75) is 9.79 Å². The van der Waals surface area contributed by atoms with Crippen LogP contribution in [0.2, 0.25) is 0 Å². The van der Waals surface area contributed by atoms with Gasteiger partial charge in [0.1, 0.15) is 0 Å². The molecular weight excluding hydrogens is 595 g/mol. The lowest BCUT2D eigenvalue weighted by Gasteiger charge is -2.33. The lowest BCUT2D eigenvalue weighted by atomic mass is 10.00. The van der Waals surface area contributed by atoms with E-state index in [4.69, 9.17) is 4.74 Å². The van der Waals surface area contributed by atoms with Crippen LogP contribution in [0.15, 0.2) is 161 Å². The number of rotatable bonds is 3. The molecule has 10 rings (SSSR count). The van der Waals surface area contributed by atoms with Crippen molar-refractivity contribution in [1.82, 2.24) is 4.98 Å². The fourth-order valence-electron chi connectivity index (χ4n) is 6.86. The Morgan fingerprint density at radius 2 is 1.09 bits per heavy atom. The van der Waals surface area contributed by atoms with E-state index in [9.17, 15) is 0 Å². The molecule has 5 heteroatoms. The second kappa shape index (κ2) is 10.3. The van der Waals surface area contributed by atoms with Gasteiger partial charge in [0, 0.05) is 37.3 Å². The molecule has 7 aromatic carbocycles. The quantitative estimate of drug-likeness (QED) is 0.206. The zero-order chi connectivity index (χ0) is 30.9. The molecule has 0 radical (unpaired) electrons. The Kier molecular flexibility index (Phi) is 5.77. The molecule has 1 aromatic heterocycles. The Balaban J connectivity index is 1.06. The number of aromatic nitrogens is 1. The molecule has 0 saturated carbocycles. The zero-order valence-corrected chi connectivity index (χ0v) is 26.0. The molecule has 0 fully saturated rings. The predicted octanol–water partition coefficient (Wildman–Crippen LogP) is 12.4. The maximum atomic E-state index is 6.79. The first kappa shape index (κ1) is 26.3. The van der Waals surface area contributed by atoms with E-state index in [1.165, 1.54) is 20.6 Å². The number of para-hydroxylation sites is 3. The van der Waals surface area contributed by atoms with Crippen LogP contribution in [0.25, 0.3) is 44.1 Å². The summed E-state index contributed by atoms with van der Waals surface area (Å²) >= 11 is 1.81. The molecule has 0 saturated heterocycles. The van der Waals surface area contributed by atoms with Crippen LogP contribution in [0.4, 0.5) is 28.4 Å². The van der Waals surface area contributed by atoms with Crippen LogP contribution in [-0.4, -0.2) is 4.98 Å². The van der Waals surface area contributed by atoms with Gasteiger partial charge in [-0.1, -0.05) is 84.6 Å². The molecule has 3 heterocycles. The highest BCUT2D eigenvalue weighted by Crippen LogP contribution is 2.53. The van der Waals surface area contributed by atoms with E-state index in [1.807, 2.05) is 0 Å². The Morgan fingerprint density at radius 3 is 1.91 bits per heavy atom. The minimum atomic E-state index is 0.830. The number of anilines is 5. The number of fused-ring (bicyclic) bond motifs is 7. The molecule has 4 nitrogen and oxygen atoms in total. The number of hydrogen-bond acceptors (Lipinski definition) is 4. The average molecular weight is 622 g/mol. The summed E-state index contributed by atoms with van der Waals surface area (Å²) in [6.45, 7) is 0. The van der Waals surface area contributed by atoms with Gasteiger partial charge in [-0.05, 0) is 101 Å². The number of nitrogens with one attached hydrogen (secondary N) is 2. The second-order valence-electron chi connectivity index (χ2n) is 12.0. The smallest absolute Gasteiger partial charge is 0.152 e. The van der Waals surface area contributed by atoms with Crippen molar-refractivity contribution < 1.29 is 4.74 Å². The van der Waals surface area contributed by atoms with E-state index in [1.54, 1.807) is 11.8 Å². The summed E-state index contributed by atoms with van der Waals surface area (Å²) in [6.07, 6.45) is 0. The molecule has 222 valence electrons. The van der Waals surface area contributed by atoms with Gasteiger partial charge < -0.3 is 19.9 Å². The second-order valence-corrected chi connectivity index (χ2v) is 13.1. The van der Waals surface area contributed by atoms with E-state index in [0.29, 0.717) is 0 Å². The molecule has 0 unspecified atom stereocenters. The summed E-state index contributed by atoms with van der Waals surface area (Å²) in [4.78, 5) is 8.30. The third kappa shape index (κ3) is 4.32. The van der Waals surface area contributed by atoms with E-state index in [2.05, 4.69) is 167 Å². The first-order chi connectivity index (χ1) is 23.2. The molecule has 2 N–H and O–H groups in total. The lowest BCUT2D eigenvalue weighted by Crippen LogP contribution is -2.15. The van der Waals surface area contributed by atoms with Crippen LogP contribution in [0.1, 0.15) is 0 Å². The maximum absolute atomic E-state index is 6.79. The van der Waals surface area contributed by atoms with E-state index < -0.39 is 0 Å². The third-order valence-electron chi connectivity index (χ3n) is 9.17. The van der Waals surface area contributed by atoms with Crippen molar-refractivity contribution in [2.24, 2.45) is 0 Å². The molecule has 0 bridgehead atoms. The third-order valence-corrected chi connectivity index (χ3v) is 10.3. The molecule has 0 atom stereocenters. The number of hydrogen-bond donors (Lipinski definition) is 2. The molecular formula is C42H27N3OS. The first-order valence-corrected chi connectivity index (χ1v) is 16.6. The van der Waals surface area contributed by atoms with Crippen molar-refractivity contribution in [3.63, 3.8) is 0 Å². The summed E-state index contributed by atoms with van der Waals surface area (Å²) in [5.41, 5.74) is 12.2. The molecule has 0 aliphatic carbocycles. The van der Waals surface area contributed by atoms with Gasteiger partial charge >= 0.3 is 0 Å². The van der Waals surface area contributed by atoms with Gasteiger partial charge in [-0.2, -0.15) is 0 Å². The van der Waals surface area contributed by atoms with Crippen LogP contribution in [0, 0.1) is 0 Å². The highest BCUT2D eigenvalue weighted by atomic mass is 32.2.